The van der Waals surface area contributed by atoms with Crippen molar-refractivity contribution in [2.45, 2.75) is 38.0 Å². The maximum absolute atomic E-state index is 11.8. The van der Waals surface area contributed by atoms with E-state index in [1.54, 1.807) is 19.0 Å². The Kier molecular flexibility index (Phi) is 4.66. The van der Waals surface area contributed by atoms with Gasteiger partial charge < -0.3 is 4.90 Å². The molecule has 1 aromatic carbocycles. The number of rotatable bonds is 2. The number of hydrogen-bond acceptors (Lipinski definition) is 3. The van der Waals surface area contributed by atoms with E-state index in [9.17, 15) is 4.79 Å². The predicted molar refractivity (Wildman–Crippen MR) is 91.9 cm³/mol. The zero-order valence-electron chi connectivity index (χ0n) is 14.0. The lowest BCUT2D eigenvalue weighted by molar-refractivity contribution is 0.241. The van der Waals surface area contributed by atoms with Crippen LogP contribution in [0.25, 0.3) is 5.69 Å². The number of carbonyl (C=O) groups excluding carboxylic acids is 1. The van der Waals surface area contributed by atoms with E-state index in [1.807, 2.05) is 36.0 Å². The molecule has 2 aromatic rings. The van der Waals surface area contributed by atoms with Crippen LogP contribution in [0, 0.1) is 6.92 Å². The van der Waals surface area contributed by atoms with E-state index in [-0.39, 0.29) is 10.7 Å². The Balaban J connectivity index is 2.26. The second-order valence-corrected chi connectivity index (χ2v) is 7.60. The summed E-state index contributed by atoms with van der Waals surface area (Å²) in [5.74, 6) is 0. The summed E-state index contributed by atoms with van der Waals surface area (Å²) in [6, 6.07) is 8.09. The van der Waals surface area contributed by atoms with Gasteiger partial charge in [0.1, 0.15) is 0 Å². The molecule has 1 aromatic heterocycles. The Morgan fingerprint density at radius 3 is 2.41 bits per heavy atom. The molecule has 4 nitrogen and oxygen atoms in total. The first-order valence-corrected chi connectivity index (χ1v) is 8.06. The minimum Gasteiger partial charge on any atom is -0.339 e. The van der Waals surface area contributed by atoms with E-state index in [2.05, 4.69) is 31.9 Å². The van der Waals surface area contributed by atoms with Gasteiger partial charge in [-0.05, 0) is 48.5 Å². The summed E-state index contributed by atoms with van der Waals surface area (Å²) in [5, 5.41) is 4.68. The number of benzene rings is 1. The zero-order chi connectivity index (χ0) is 16.5. The fourth-order valence-electron chi connectivity index (χ4n) is 1.94. The molecule has 0 spiro atoms. The molecule has 1 heterocycles. The van der Waals surface area contributed by atoms with Gasteiger partial charge in [-0.2, -0.15) is 5.10 Å². The lowest BCUT2D eigenvalue weighted by Gasteiger charge is -2.14. The van der Waals surface area contributed by atoms with Crippen LogP contribution in [0.5, 0.6) is 0 Å². The van der Waals surface area contributed by atoms with Crippen LogP contribution in [0.2, 0.25) is 0 Å². The van der Waals surface area contributed by atoms with Gasteiger partial charge in [-0.3, -0.25) is 4.79 Å². The summed E-state index contributed by atoms with van der Waals surface area (Å²) in [7, 11) is 3.52. The standard InChI is InChI=1S/C17H23N3OS/c1-12-11-13(7-8-14(12)22-16(21)19(5)6)20-10-9-15(18-20)17(2,3)4/h7-11H,1-6H3. The summed E-state index contributed by atoms with van der Waals surface area (Å²) in [6.45, 7) is 8.47. The number of hydrogen-bond donors (Lipinski definition) is 0. The minimum atomic E-state index is 0.0324. The molecule has 22 heavy (non-hydrogen) atoms. The Morgan fingerprint density at radius 1 is 1.23 bits per heavy atom. The molecule has 2 rings (SSSR count). The van der Waals surface area contributed by atoms with Crippen molar-refractivity contribution in [1.82, 2.24) is 14.7 Å². The molecular formula is C17H23N3OS. The number of nitrogens with zero attached hydrogens (tertiary/aromatic N) is 3. The van der Waals surface area contributed by atoms with Crippen LogP contribution in [0.4, 0.5) is 4.79 Å². The molecule has 0 bridgehead atoms. The highest BCUT2D eigenvalue weighted by molar-refractivity contribution is 8.13. The molecule has 0 aliphatic heterocycles. The third-order valence-corrected chi connectivity index (χ3v) is 4.56. The van der Waals surface area contributed by atoms with Gasteiger partial charge in [-0.1, -0.05) is 20.8 Å². The van der Waals surface area contributed by atoms with E-state index in [4.69, 9.17) is 0 Å². The van der Waals surface area contributed by atoms with Crippen molar-refractivity contribution in [1.29, 1.82) is 0 Å². The van der Waals surface area contributed by atoms with Gasteiger partial charge in [0.15, 0.2) is 0 Å². The van der Waals surface area contributed by atoms with Crippen molar-refractivity contribution in [2.24, 2.45) is 0 Å². The molecule has 0 aliphatic rings. The smallest absolute Gasteiger partial charge is 0.285 e. The van der Waals surface area contributed by atoms with Gasteiger partial charge in [0.05, 0.1) is 11.4 Å². The summed E-state index contributed by atoms with van der Waals surface area (Å²) in [6.07, 6.45) is 1.98. The van der Waals surface area contributed by atoms with Gasteiger partial charge in [0.25, 0.3) is 5.24 Å². The lowest BCUT2D eigenvalue weighted by Crippen LogP contribution is -2.16. The van der Waals surface area contributed by atoms with Gasteiger partial charge in [0, 0.05) is 30.6 Å². The van der Waals surface area contributed by atoms with Crippen molar-refractivity contribution < 1.29 is 4.79 Å². The van der Waals surface area contributed by atoms with E-state index in [1.165, 1.54) is 11.8 Å². The van der Waals surface area contributed by atoms with E-state index < -0.39 is 0 Å². The van der Waals surface area contributed by atoms with Crippen LogP contribution < -0.4 is 0 Å². The van der Waals surface area contributed by atoms with Crippen LogP contribution in [-0.2, 0) is 5.41 Å². The quantitative estimate of drug-likeness (QED) is 0.777. The van der Waals surface area contributed by atoms with Crippen molar-refractivity contribution in [2.75, 3.05) is 14.1 Å². The number of thioether (sulfide) groups is 1. The van der Waals surface area contributed by atoms with Crippen molar-refractivity contribution in [3.8, 4) is 5.69 Å². The fraction of sp³-hybridized carbons (Fsp3) is 0.412. The second-order valence-electron chi connectivity index (χ2n) is 6.61. The first kappa shape index (κ1) is 16.6. The molecule has 0 aliphatic carbocycles. The topological polar surface area (TPSA) is 38.1 Å². The van der Waals surface area contributed by atoms with Crippen LogP contribution in [0.3, 0.4) is 0 Å². The van der Waals surface area contributed by atoms with Crippen molar-refractivity contribution in [3.63, 3.8) is 0 Å². The van der Waals surface area contributed by atoms with Gasteiger partial charge in [-0.15, -0.1) is 0 Å². The molecule has 5 heteroatoms. The van der Waals surface area contributed by atoms with E-state index >= 15 is 0 Å². The highest BCUT2D eigenvalue weighted by Gasteiger charge is 2.17. The minimum absolute atomic E-state index is 0.0324. The molecule has 0 atom stereocenters. The number of aryl methyl sites for hydroxylation is 1. The number of aromatic nitrogens is 2. The fourth-order valence-corrected chi connectivity index (χ4v) is 2.67. The average molecular weight is 317 g/mol. The van der Waals surface area contributed by atoms with E-state index in [0.29, 0.717) is 0 Å². The maximum Gasteiger partial charge on any atom is 0.285 e. The zero-order valence-corrected chi connectivity index (χ0v) is 14.9. The molecule has 0 saturated carbocycles. The first-order valence-electron chi connectivity index (χ1n) is 7.25. The van der Waals surface area contributed by atoms with Gasteiger partial charge >= 0.3 is 0 Å². The molecule has 118 valence electrons. The second kappa shape index (κ2) is 6.16. The van der Waals surface area contributed by atoms with Gasteiger partial charge in [-0.25, -0.2) is 4.68 Å². The highest BCUT2D eigenvalue weighted by Crippen LogP contribution is 2.27. The average Bonchev–Trinajstić information content (AvgIpc) is 2.90. The highest BCUT2D eigenvalue weighted by atomic mass is 32.2. The van der Waals surface area contributed by atoms with Crippen LogP contribution in [0.15, 0.2) is 35.4 Å². The van der Waals surface area contributed by atoms with Crippen LogP contribution in [0.1, 0.15) is 32.0 Å². The Hall–Kier alpha value is -1.75. The molecule has 0 fully saturated rings. The molecule has 0 N–H and O–H groups in total. The molecule has 0 radical (unpaired) electrons. The molecular weight excluding hydrogens is 294 g/mol. The van der Waals surface area contributed by atoms with Crippen molar-refractivity contribution in [3.05, 3.63) is 41.7 Å². The Labute approximate surface area is 136 Å². The third-order valence-electron chi connectivity index (χ3n) is 3.34. The molecule has 0 unspecified atom stereocenters. The largest absolute Gasteiger partial charge is 0.339 e. The third kappa shape index (κ3) is 3.71. The lowest BCUT2D eigenvalue weighted by atomic mass is 9.93. The summed E-state index contributed by atoms with van der Waals surface area (Å²) < 4.78 is 1.88. The monoisotopic (exact) mass is 317 g/mol. The van der Waals surface area contributed by atoms with Crippen LogP contribution in [-0.4, -0.2) is 34.0 Å². The van der Waals surface area contributed by atoms with E-state index in [0.717, 1.165) is 21.8 Å². The van der Waals surface area contributed by atoms with Crippen molar-refractivity contribution >= 4 is 17.0 Å². The summed E-state index contributed by atoms with van der Waals surface area (Å²) in [4.78, 5) is 14.4. The number of amides is 1. The van der Waals surface area contributed by atoms with Gasteiger partial charge in [0.2, 0.25) is 0 Å². The first-order chi connectivity index (χ1) is 10.2. The van der Waals surface area contributed by atoms with Crippen LogP contribution >= 0.6 is 11.8 Å². The summed E-state index contributed by atoms with van der Waals surface area (Å²) in [5.41, 5.74) is 3.18. The SMILES string of the molecule is Cc1cc(-n2ccc(C(C)(C)C)n2)ccc1SC(=O)N(C)C. The molecule has 0 saturated heterocycles. The maximum atomic E-state index is 11.8. The molecule has 1 amide bonds. The Morgan fingerprint density at radius 2 is 1.91 bits per heavy atom. The number of carbonyl (C=O) groups is 1. The Bertz CT molecular complexity index is 683. The predicted octanol–water partition coefficient (Wildman–Crippen LogP) is 4.25. The normalized spacial score (nSPS) is 11.5. The summed E-state index contributed by atoms with van der Waals surface area (Å²) >= 11 is 1.25.